The van der Waals surface area contributed by atoms with Crippen LogP contribution in [0.4, 0.5) is 0 Å². The quantitative estimate of drug-likeness (QED) is 0.358. The van der Waals surface area contributed by atoms with Gasteiger partial charge in [-0.25, -0.2) is 0 Å². The fraction of sp³-hybridized carbons (Fsp3) is 0.429. The molecule has 0 aromatic heterocycles. The second-order valence-electron chi connectivity index (χ2n) is 2.01. The van der Waals surface area contributed by atoms with Crippen LogP contribution in [0.1, 0.15) is 12.8 Å². The van der Waals surface area contributed by atoms with E-state index in [0.29, 0.717) is 6.42 Å². The summed E-state index contributed by atoms with van der Waals surface area (Å²) in [6.07, 6.45) is 10.2. The third-order valence-corrected chi connectivity index (χ3v) is 1.34. The maximum atomic E-state index is 9.18. The van der Waals surface area contributed by atoms with Gasteiger partial charge < -0.3 is 5.11 Å². The zero-order valence-electron chi connectivity index (χ0n) is 4.59. The average molecular weight is 108 g/mol. The van der Waals surface area contributed by atoms with Gasteiger partial charge >= 0.3 is 0 Å². The maximum Gasteiger partial charge on any atom is 0.144 e. The zero-order chi connectivity index (χ0) is 6.04. The van der Waals surface area contributed by atoms with E-state index in [9.17, 15) is 5.11 Å². The first-order valence-corrected chi connectivity index (χ1v) is 2.65. The first-order chi connectivity index (χ1) is 3.77. The van der Waals surface area contributed by atoms with Gasteiger partial charge in [-0.05, 0) is 18.9 Å². The molecule has 1 rings (SSSR count). The third-order valence-electron chi connectivity index (χ3n) is 1.34. The van der Waals surface area contributed by atoms with Crippen molar-refractivity contribution < 1.29 is 5.11 Å². The zero-order valence-corrected chi connectivity index (χ0v) is 4.59. The van der Waals surface area contributed by atoms with Gasteiger partial charge in [-0.15, -0.1) is 6.42 Å². The molecule has 0 bridgehead atoms. The highest BCUT2D eigenvalue weighted by Crippen LogP contribution is 2.20. The molecule has 0 spiro atoms. The molecule has 0 aromatic rings. The van der Waals surface area contributed by atoms with Crippen molar-refractivity contribution >= 4 is 0 Å². The van der Waals surface area contributed by atoms with E-state index in [1.165, 1.54) is 0 Å². The summed E-state index contributed by atoms with van der Waals surface area (Å²) in [5.41, 5.74) is -0.917. The Kier molecular flexibility index (Phi) is 1.11. The monoisotopic (exact) mass is 108 g/mol. The molecule has 0 aromatic carbocycles. The van der Waals surface area contributed by atoms with Gasteiger partial charge in [0.1, 0.15) is 5.60 Å². The molecule has 42 valence electrons. The highest BCUT2D eigenvalue weighted by Gasteiger charge is 2.22. The molecular formula is C7H8O. The van der Waals surface area contributed by atoms with E-state index >= 15 is 0 Å². The molecule has 0 aliphatic heterocycles. The summed E-state index contributed by atoms with van der Waals surface area (Å²) in [7, 11) is 0. The lowest BCUT2D eigenvalue weighted by Gasteiger charge is -2.09. The molecule has 0 amide bonds. The number of rotatable bonds is 0. The van der Waals surface area contributed by atoms with Gasteiger partial charge in [-0.2, -0.15) is 0 Å². The van der Waals surface area contributed by atoms with E-state index in [1.54, 1.807) is 6.08 Å². The Morgan fingerprint density at radius 3 is 2.75 bits per heavy atom. The Morgan fingerprint density at radius 2 is 2.50 bits per heavy atom. The molecule has 0 saturated heterocycles. The van der Waals surface area contributed by atoms with Crippen molar-refractivity contribution in [1.29, 1.82) is 0 Å². The summed E-state index contributed by atoms with van der Waals surface area (Å²) < 4.78 is 0. The molecule has 1 unspecified atom stereocenters. The molecule has 1 N–H and O–H groups in total. The first kappa shape index (κ1) is 5.40. The summed E-state index contributed by atoms with van der Waals surface area (Å²) in [5.74, 6) is 2.31. The van der Waals surface area contributed by atoms with Gasteiger partial charge in [0, 0.05) is 0 Å². The van der Waals surface area contributed by atoms with Crippen LogP contribution in [0.2, 0.25) is 0 Å². The molecule has 0 radical (unpaired) electrons. The van der Waals surface area contributed by atoms with Crippen LogP contribution >= 0.6 is 0 Å². The van der Waals surface area contributed by atoms with Crippen LogP contribution in [0.25, 0.3) is 0 Å². The lowest BCUT2D eigenvalue weighted by atomic mass is 10.1. The minimum absolute atomic E-state index is 0.684. The predicted octanol–water partition coefficient (Wildman–Crippen LogP) is 0.701. The van der Waals surface area contributed by atoms with Crippen molar-refractivity contribution in [2.75, 3.05) is 0 Å². The Balaban J connectivity index is 2.72. The Morgan fingerprint density at radius 1 is 1.75 bits per heavy atom. The van der Waals surface area contributed by atoms with Crippen molar-refractivity contribution in [2.24, 2.45) is 0 Å². The van der Waals surface area contributed by atoms with E-state index in [-0.39, 0.29) is 0 Å². The van der Waals surface area contributed by atoms with E-state index in [2.05, 4.69) is 5.92 Å². The number of hydrogen-bond acceptors (Lipinski definition) is 1. The molecule has 1 nitrogen and oxygen atoms in total. The maximum absolute atomic E-state index is 9.18. The Bertz CT molecular complexity index is 152. The Hall–Kier alpha value is -0.740. The van der Waals surface area contributed by atoms with Gasteiger partial charge in [0.2, 0.25) is 0 Å². The van der Waals surface area contributed by atoms with E-state index in [4.69, 9.17) is 6.42 Å². The molecule has 0 fully saturated rings. The molecular weight excluding hydrogens is 100 g/mol. The average Bonchev–Trinajstić information content (AvgIpc) is 2.17. The highest BCUT2D eigenvalue weighted by atomic mass is 16.3. The summed E-state index contributed by atoms with van der Waals surface area (Å²) >= 11 is 0. The van der Waals surface area contributed by atoms with Crippen molar-refractivity contribution in [3.63, 3.8) is 0 Å². The summed E-state index contributed by atoms with van der Waals surface area (Å²) in [5, 5.41) is 9.18. The largest absolute Gasteiger partial charge is 0.374 e. The minimum atomic E-state index is -0.917. The van der Waals surface area contributed by atoms with Gasteiger partial charge in [0.25, 0.3) is 0 Å². The van der Waals surface area contributed by atoms with Crippen LogP contribution in [0, 0.1) is 12.3 Å². The molecule has 1 aliphatic carbocycles. The fourth-order valence-electron chi connectivity index (χ4n) is 0.785. The van der Waals surface area contributed by atoms with Gasteiger partial charge in [-0.1, -0.05) is 12.0 Å². The molecule has 1 aliphatic rings. The number of aliphatic hydroxyl groups is 1. The first-order valence-electron chi connectivity index (χ1n) is 2.65. The Labute approximate surface area is 49.0 Å². The lowest BCUT2D eigenvalue weighted by molar-refractivity contribution is 0.153. The SMILES string of the molecule is C#CC1(O)C=CCC1. The number of terminal acetylenes is 1. The van der Waals surface area contributed by atoms with Gasteiger partial charge in [-0.3, -0.25) is 0 Å². The second kappa shape index (κ2) is 1.65. The van der Waals surface area contributed by atoms with Crippen molar-refractivity contribution in [1.82, 2.24) is 0 Å². The molecule has 1 heteroatoms. The summed E-state index contributed by atoms with van der Waals surface area (Å²) in [4.78, 5) is 0. The van der Waals surface area contributed by atoms with E-state index < -0.39 is 5.60 Å². The van der Waals surface area contributed by atoms with Crippen LogP contribution in [0.3, 0.4) is 0 Å². The lowest BCUT2D eigenvalue weighted by Crippen LogP contribution is -2.18. The standard InChI is InChI=1S/C7H8O/c1-2-7(8)5-3-4-6-7/h1,3,5,8H,4,6H2. The smallest absolute Gasteiger partial charge is 0.144 e. The van der Waals surface area contributed by atoms with Gasteiger partial charge in [0.15, 0.2) is 0 Å². The van der Waals surface area contributed by atoms with E-state index in [1.807, 2.05) is 6.08 Å². The topological polar surface area (TPSA) is 20.2 Å². The third kappa shape index (κ3) is 0.753. The normalized spacial score (nSPS) is 35.0. The van der Waals surface area contributed by atoms with Gasteiger partial charge in [0.05, 0.1) is 0 Å². The highest BCUT2D eigenvalue weighted by molar-refractivity contribution is 5.22. The molecule has 8 heavy (non-hydrogen) atoms. The van der Waals surface area contributed by atoms with Crippen LogP contribution in [-0.4, -0.2) is 10.7 Å². The van der Waals surface area contributed by atoms with Crippen LogP contribution < -0.4 is 0 Å². The number of allylic oxidation sites excluding steroid dienone is 1. The van der Waals surface area contributed by atoms with Crippen LogP contribution in [-0.2, 0) is 0 Å². The summed E-state index contributed by atoms with van der Waals surface area (Å²) in [6, 6.07) is 0. The van der Waals surface area contributed by atoms with Crippen LogP contribution in [0.15, 0.2) is 12.2 Å². The van der Waals surface area contributed by atoms with Crippen LogP contribution in [0.5, 0.6) is 0 Å². The van der Waals surface area contributed by atoms with Crippen molar-refractivity contribution in [3.05, 3.63) is 12.2 Å². The predicted molar refractivity (Wildman–Crippen MR) is 32.2 cm³/mol. The second-order valence-corrected chi connectivity index (χ2v) is 2.01. The molecule has 0 heterocycles. The fourth-order valence-corrected chi connectivity index (χ4v) is 0.785. The van der Waals surface area contributed by atoms with Crippen molar-refractivity contribution in [3.8, 4) is 12.3 Å². The molecule has 1 atom stereocenters. The van der Waals surface area contributed by atoms with Crippen molar-refractivity contribution in [2.45, 2.75) is 18.4 Å². The number of hydrogen-bond donors (Lipinski definition) is 1. The summed E-state index contributed by atoms with van der Waals surface area (Å²) in [6.45, 7) is 0. The molecule has 0 saturated carbocycles. The minimum Gasteiger partial charge on any atom is -0.374 e. The van der Waals surface area contributed by atoms with E-state index in [0.717, 1.165) is 6.42 Å².